The molecule has 0 bridgehead atoms. The van der Waals surface area contributed by atoms with E-state index in [0.29, 0.717) is 16.3 Å². The summed E-state index contributed by atoms with van der Waals surface area (Å²) in [6, 6.07) is 14.7. The highest BCUT2D eigenvalue weighted by Gasteiger charge is 2.11. The number of hydrogen-bond acceptors (Lipinski definition) is 4. The fourth-order valence-electron chi connectivity index (χ4n) is 2.42. The lowest BCUT2D eigenvalue weighted by atomic mass is 10.1. The van der Waals surface area contributed by atoms with Crippen LogP contribution in [0, 0.1) is 0 Å². The molecule has 0 fully saturated rings. The summed E-state index contributed by atoms with van der Waals surface area (Å²) in [6.45, 7) is 0.209. The summed E-state index contributed by atoms with van der Waals surface area (Å²) in [7, 11) is 1.55. The minimum atomic E-state index is -0.336. The second-order valence-corrected chi connectivity index (χ2v) is 5.85. The highest BCUT2D eigenvalue weighted by Crippen LogP contribution is 2.23. The zero-order chi connectivity index (χ0) is 17.6. The third kappa shape index (κ3) is 4.39. The van der Waals surface area contributed by atoms with Gasteiger partial charge >= 0.3 is 5.97 Å². The first-order valence-corrected chi connectivity index (χ1v) is 8.10. The first kappa shape index (κ1) is 17.0. The maximum absolute atomic E-state index is 12.1. The Morgan fingerprint density at radius 1 is 1.20 bits per heavy atom. The monoisotopic (exact) mass is 356 g/mol. The van der Waals surface area contributed by atoms with Crippen LogP contribution < -0.4 is 4.74 Å². The van der Waals surface area contributed by atoms with Gasteiger partial charge in [-0.1, -0.05) is 23.7 Å². The molecule has 2 aromatic carbocycles. The van der Waals surface area contributed by atoms with Gasteiger partial charge in [0, 0.05) is 23.0 Å². The van der Waals surface area contributed by atoms with Crippen LogP contribution >= 0.6 is 11.6 Å². The predicted molar refractivity (Wildman–Crippen MR) is 95.1 cm³/mol. The Hall–Kier alpha value is -2.79. The Morgan fingerprint density at radius 3 is 2.68 bits per heavy atom. The van der Waals surface area contributed by atoms with E-state index in [0.717, 1.165) is 11.3 Å². The summed E-state index contributed by atoms with van der Waals surface area (Å²) in [5.41, 5.74) is 2.56. The molecule has 3 aromatic rings. The molecule has 5 nitrogen and oxygen atoms in total. The minimum Gasteiger partial charge on any atom is -0.496 e. The van der Waals surface area contributed by atoms with Gasteiger partial charge in [0.05, 0.1) is 19.2 Å². The molecular formula is C19H17ClN2O3. The summed E-state index contributed by atoms with van der Waals surface area (Å²) in [5, 5.41) is 4.72. The lowest BCUT2D eigenvalue weighted by molar-refractivity contribution is -0.144. The van der Waals surface area contributed by atoms with Crippen LogP contribution in [-0.4, -0.2) is 22.9 Å². The van der Waals surface area contributed by atoms with Gasteiger partial charge in [0.1, 0.15) is 12.4 Å². The lowest BCUT2D eigenvalue weighted by Crippen LogP contribution is -2.09. The van der Waals surface area contributed by atoms with Gasteiger partial charge in [-0.2, -0.15) is 5.10 Å². The fraction of sp³-hybridized carbons (Fsp3) is 0.158. The number of methoxy groups -OCH3 is 1. The smallest absolute Gasteiger partial charge is 0.310 e. The van der Waals surface area contributed by atoms with E-state index in [4.69, 9.17) is 21.1 Å². The van der Waals surface area contributed by atoms with Gasteiger partial charge in [-0.05, 0) is 42.0 Å². The van der Waals surface area contributed by atoms with Gasteiger partial charge < -0.3 is 9.47 Å². The summed E-state index contributed by atoms with van der Waals surface area (Å²) in [6.07, 6.45) is 3.70. The quantitative estimate of drug-likeness (QED) is 0.630. The predicted octanol–water partition coefficient (Wildman–Crippen LogP) is 3.82. The van der Waals surface area contributed by atoms with Crippen LogP contribution in [0.4, 0.5) is 0 Å². The molecule has 0 spiro atoms. The highest BCUT2D eigenvalue weighted by atomic mass is 35.5. The standard InChI is InChI=1S/C19H17ClN2O3/c1-24-18-8-5-16(20)11-15(18)12-19(23)25-13-14-3-6-17(7-4-14)22-10-2-9-21-22/h2-11H,12-13H2,1H3. The molecule has 0 N–H and O–H groups in total. The highest BCUT2D eigenvalue weighted by molar-refractivity contribution is 6.30. The van der Waals surface area contributed by atoms with E-state index in [2.05, 4.69) is 5.10 Å². The van der Waals surface area contributed by atoms with Crippen LogP contribution in [0.15, 0.2) is 60.9 Å². The third-order valence-electron chi connectivity index (χ3n) is 3.68. The number of aromatic nitrogens is 2. The van der Waals surface area contributed by atoms with Gasteiger partial charge in [-0.3, -0.25) is 4.79 Å². The summed E-state index contributed by atoms with van der Waals surface area (Å²) >= 11 is 5.97. The first-order chi connectivity index (χ1) is 12.2. The molecule has 0 aliphatic carbocycles. The number of carbonyl (C=O) groups excluding carboxylic acids is 1. The van der Waals surface area contributed by atoms with Crippen LogP contribution in [0.5, 0.6) is 5.75 Å². The normalized spacial score (nSPS) is 10.5. The molecule has 0 aliphatic rings. The van der Waals surface area contributed by atoms with Crippen molar-refractivity contribution in [2.75, 3.05) is 7.11 Å². The SMILES string of the molecule is COc1ccc(Cl)cc1CC(=O)OCc1ccc(-n2cccn2)cc1. The van der Waals surface area contributed by atoms with Crippen LogP contribution in [-0.2, 0) is 22.6 Å². The van der Waals surface area contributed by atoms with Crippen molar-refractivity contribution >= 4 is 17.6 Å². The van der Waals surface area contributed by atoms with E-state index in [1.807, 2.05) is 36.5 Å². The van der Waals surface area contributed by atoms with Gasteiger partial charge in [0.15, 0.2) is 0 Å². The van der Waals surface area contributed by atoms with E-state index in [1.165, 1.54) is 0 Å². The van der Waals surface area contributed by atoms with E-state index < -0.39 is 0 Å². The van der Waals surface area contributed by atoms with E-state index in [9.17, 15) is 4.79 Å². The molecule has 0 saturated carbocycles. The lowest BCUT2D eigenvalue weighted by Gasteiger charge is -2.09. The van der Waals surface area contributed by atoms with Gasteiger partial charge in [-0.15, -0.1) is 0 Å². The fourth-order valence-corrected chi connectivity index (χ4v) is 2.62. The number of ether oxygens (including phenoxy) is 2. The van der Waals surface area contributed by atoms with Crippen molar-refractivity contribution in [1.29, 1.82) is 0 Å². The number of benzene rings is 2. The van der Waals surface area contributed by atoms with Crippen molar-refractivity contribution < 1.29 is 14.3 Å². The van der Waals surface area contributed by atoms with Crippen LogP contribution in [0.3, 0.4) is 0 Å². The Kier molecular flexibility index (Phi) is 5.36. The van der Waals surface area contributed by atoms with Crippen LogP contribution in [0.25, 0.3) is 5.69 Å². The summed E-state index contributed by atoms with van der Waals surface area (Å²) in [4.78, 5) is 12.1. The van der Waals surface area contributed by atoms with E-state index in [1.54, 1.807) is 36.2 Å². The molecular weight excluding hydrogens is 340 g/mol. The number of hydrogen-bond donors (Lipinski definition) is 0. The number of halogens is 1. The maximum Gasteiger partial charge on any atom is 0.310 e. The molecule has 3 rings (SSSR count). The van der Waals surface area contributed by atoms with Crippen molar-refractivity contribution in [3.8, 4) is 11.4 Å². The number of nitrogens with zero attached hydrogens (tertiary/aromatic N) is 2. The van der Waals surface area contributed by atoms with Crippen LogP contribution in [0.2, 0.25) is 5.02 Å². The Morgan fingerprint density at radius 2 is 2.00 bits per heavy atom. The third-order valence-corrected chi connectivity index (χ3v) is 3.92. The number of rotatable bonds is 6. The molecule has 1 aromatic heterocycles. The molecule has 0 atom stereocenters. The maximum atomic E-state index is 12.1. The van der Waals surface area contributed by atoms with Crippen molar-refractivity contribution in [2.45, 2.75) is 13.0 Å². The molecule has 1 heterocycles. The molecule has 25 heavy (non-hydrogen) atoms. The zero-order valence-corrected chi connectivity index (χ0v) is 14.4. The summed E-state index contributed by atoms with van der Waals surface area (Å²) < 4.78 is 12.3. The average Bonchev–Trinajstić information content (AvgIpc) is 3.15. The molecule has 0 unspecified atom stereocenters. The average molecular weight is 357 g/mol. The van der Waals surface area contributed by atoms with Crippen molar-refractivity contribution in [1.82, 2.24) is 9.78 Å². The van der Waals surface area contributed by atoms with Gasteiger partial charge in [0.25, 0.3) is 0 Å². The Bertz CT molecular complexity index is 846. The molecule has 6 heteroatoms. The minimum absolute atomic E-state index is 0.106. The molecule has 128 valence electrons. The zero-order valence-electron chi connectivity index (χ0n) is 13.7. The van der Waals surface area contributed by atoms with Crippen LogP contribution in [0.1, 0.15) is 11.1 Å². The largest absolute Gasteiger partial charge is 0.496 e. The number of carbonyl (C=O) groups is 1. The molecule has 0 saturated heterocycles. The topological polar surface area (TPSA) is 53.4 Å². The van der Waals surface area contributed by atoms with E-state index in [-0.39, 0.29) is 19.0 Å². The Labute approximate surface area is 150 Å². The molecule has 0 radical (unpaired) electrons. The molecule has 0 amide bonds. The Balaban J connectivity index is 1.58. The van der Waals surface area contributed by atoms with Crippen molar-refractivity contribution in [2.24, 2.45) is 0 Å². The first-order valence-electron chi connectivity index (χ1n) is 7.73. The van der Waals surface area contributed by atoms with Gasteiger partial charge in [0.2, 0.25) is 0 Å². The van der Waals surface area contributed by atoms with Crippen molar-refractivity contribution in [3.63, 3.8) is 0 Å². The van der Waals surface area contributed by atoms with Crippen molar-refractivity contribution in [3.05, 3.63) is 77.1 Å². The second-order valence-electron chi connectivity index (χ2n) is 5.41. The number of esters is 1. The summed E-state index contributed by atoms with van der Waals surface area (Å²) in [5.74, 6) is 0.279. The van der Waals surface area contributed by atoms with Gasteiger partial charge in [-0.25, -0.2) is 4.68 Å². The molecule has 0 aliphatic heterocycles. The van der Waals surface area contributed by atoms with E-state index >= 15 is 0 Å². The second kappa shape index (κ2) is 7.85.